The molecule has 6 heteroatoms. The fraction of sp³-hybridized carbons (Fsp3) is 0.400. The summed E-state index contributed by atoms with van der Waals surface area (Å²) in [6.45, 7) is 3.41. The zero-order valence-electron chi connectivity index (χ0n) is 9.02. The zero-order valence-corrected chi connectivity index (χ0v) is 9.02. The maximum atomic E-state index is 10.6. The minimum Gasteiger partial charge on any atom is -0.481 e. The van der Waals surface area contributed by atoms with Crippen LogP contribution in [0.2, 0.25) is 0 Å². The molecular weight excluding hydrogens is 212 g/mol. The number of aromatic nitrogens is 2. The van der Waals surface area contributed by atoms with E-state index in [0.29, 0.717) is 11.4 Å². The third-order valence-corrected chi connectivity index (χ3v) is 2.10. The van der Waals surface area contributed by atoms with Gasteiger partial charge in [0, 0.05) is 0 Å². The van der Waals surface area contributed by atoms with E-state index in [4.69, 9.17) is 10.2 Å². The van der Waals surface area contributed by atoms with Crippen LogP contribution in [0.1, 0.15) is 22.8 Å². The Morgan fingerprint density at radius 2 is 1.25 bits per heavy atom. The number of hydrogen-bond donors (Lipinski definition) is 2. The van der Waals surface area contributed by atoms with Gasteiger partial charge in [-0.2, -0.15) is 0 Å². The predicted octanol–water partition coefficient (Wildman–Crippen LogP) is 0.348. The van der Waals surface area contributed by atoms with Crippen molar-refractivity contribution in [2.45, 2.75) is 26.7 Å². The van der Waals surface area contributed by atoms with Crippen molar-refractivity contribution in [3.63, 3.8) is 0 Å². The molecule has 86 valence electrons. The summed E-state index contributed by atoms with van der Waals surface area (Å²) in [4.78, 5) is 29.3. The summed E-state index contributed by atoms with van der Waals surface area (Å²) in [5.41, 5.74) is 1.67. The van der Waals surface area contributed by atoms with Gasteiger partial charge in [0.05, 0.1) is 35.6 Å². The zero-order chi connectivity index (χ0) is 12.3. The molecule has 0 radical (unpaired) electrons. The first-order valence-corrected chi connectivity index (χ1v) is 4.66. The van der Waals surface area contributed by atoms with Gasteiger partial charge in [0.1, 0.15) is 0 Å². The summed E-state index contributed by atoms with van der Waals surface area (Å²) in [5.74, 6) is -2.10. The van der Waals surface area contributed by atoms with Crippen LogP contribution in [0, 0.1) is 13.8 Å². The summed E-state index contributed by atoms with van der Waals surface area (Å²) in [5, 5.41) is 17.3. The molecule has 0 fully saturated rings. The van der Waals surface area contributed by atoms with Gasteiger partial charge < -0.3 is 10.2 Å². The molecule has 1 rings (SSSR count). The van der Waals surface area contributed by atoms with Crippen molar-refractivity contribution in [1.82, 2.24) is 9.97 Å². The maximum Gasteiger partial charge on any atom is 0.309 e. The highest BCUT2D eigenvalue weighted by molar-refractivity contribution is 5.73. The lowest BCUT2D eigenvalue weighted by Crippen LogP contribution is -2.13. The Morgan fingerprint density at radius 3 is 1.50 bits per heavy atom. The smallest absolute Gasteiger partial charge is 0.309 e. The van der Waals surface area contributed by atoms with E-state index in [9.17, 15) is 9.59 Å². The summed E-state index contributed by atoms with van der Waals surface area (Å²) < 4.78 is 0. The van der Waals surface area contributed by atoms with Gasteiger partial charge in [-0.1, -0.05) is 0 Å². The van der Waals surface area contributed by atoms with Gasteiger partial charge in [-0.25, -0.2) is 0 Å². The quantitative estimate of drug-likeness (QED) is 0.765. The molecule has 0 bridgehead atoms. The Kier molecular flexibility index (Phi) is 3.55. The molecule has 0 spiro atoms. The van der Waals surface area contributed by atoms with Gasteiger partial charge in [-0.15, -0.1) is 0 Å². The Balaban J connectivity index is 3.15. The third-order valence-electron chi connectivity index (χ3n) is 2.10. The lowest BCUT2D eigenvalue weighted by Gasteiger charge is -2.07. The number of rotatable bonds is 4. The van der Waals surface area contributed by atoms with Crippen LogP contribution in [0.15, 0.2) is 0 Å². The molecule has 0 saturated carbocycles. The second-order valence-electron chi connectivity index (χ2n) is 3.43. The number of nitrogens with zero attached hydrogens (tertiary/aromatic N) is 2. The van der Waals surface area contributed by atoms with E-state index in [2.05, 4.69) is 9.97 Å². The molecule has 1 heterocycles. The molecule has 0 aliphatic rings. The standard InChI is InChI=1S/C10H12N2O4/c1-5-6(2)12-8(4-10(15)16)7(11-5)3-9(13)14/h3-4H2,1-2H3,(H,13,14)(H,15,16). The molecule has 0 aliphatic heterocycles. The number of carboxylic acids is 2. The van der Waals surface area contributed by atoms with Crippen LogP contribution in [0.3, 0.4) is 0 Å². The summed E-state index contributed by atoms with van der Waals surface area (Å²) in [6, 6.07) is 0. The largest absolute Gasteiger partial charge is 0.481 e. The minimum atomic E-state index is -1.05. The van der Waals surface area contributed by atoms with E-state index in [0.717, 1.165) is 0 Å². The molecular formula is C10H12N2O4. The SMILES string of the molecule is Cc1nc(CC(=O)O)c(CC(=O)O)nc1C. The van der Waals surface area contributed by atoms with Crippen LogP contribution in [0.5, 0.6) is 0 Å². The maximum absolute atomic E-state index is 10.6. The third kappa shape index (κ3) is 3.01. The Bertz CT molecular complexity index is 402. The highest BCUT2D eigenvalue weighted by Gasteiger charge is 2.14. The van der Waals surface area contributed by atoms with E-state index in [-0.39, 0.29) is 24.2 Å². The molecule has 6 nitrogen and oxygen atoms in total. The molecule has 0 unspecified atom stereocenters. The first-order valence-electron chi connectivity index (χ1n) is 4.66. The van der Waals surface area contributed by atoms with Gasteiger partial charge in [0.25, 0.3) is 0 Å². The van der Waals surface area contributed by atoms with Gasteiger partial charge in [0.2, 0.25) is 0 Å². The Hall–Kier alpha value is -1.98. The number of aryl methyl sites for hydroxylation is 2. The first-order chi connectivity index (χ1) is 7.40. The number of carbonyl (C=O) groups is 2. The van der Waals surface area contributed by atoms with Gasteiger partial charge in [-0.3, -0.25) is 19.6 Å². The van der Waals surface area contributed by atoms with Gasteiger partial charge >= 0.3 is 11.9 Å². The number of aliphatic carboxylic acids is 2. The van der Waals surface area contributed by atoms with Crippen LogP contribution < -0.4 is 0 Å². The summed E-state index contributed by atoms with van der Waals surface area (Å²) in [6.07, 6.45) is -0.618. The molecule has 0 aliphatic carbocycles. The van der Waals surface area contributed by atoms with Gasteiger partial charge in [-0.05, 0) is 13.8 Å². The lowest BCUT2D eigenvalue weighted by atomic mass is 10.1. The molecule has 16 heavy (non-hydrogen) atoms. The van der Waals surface area contributed by atoms with Crippen LogP contribution in [-0.4, -0.2) is 32.1 Å². The topological polar surface area (TPSA) is 100 Å². The van der Waals surface area contributed by atoms with Crippen molar-refractivity contribution < 1.29 is 19.8 Å². The van der Waals surface area contributed by atoms with Crippen LogP contribution in [0.25, 0.3) is 0 Å². The summed E-state index contributed by atoms with van der Waals surface area (Å²) >= 11 is 0. The highest BCUT2D eigenvalue weighted by Crippen LogP contribution is 2.09. The molecule has 1 aromatic rings. The Labute approximate surface area is 92.0 Å². The minimum absolute atomic E-state index is 0.220. The second kappa shape index (κ2) is 4.69. The van der Waals surface area contributed by atoms with E-state index in [1.54, 1.807) is 13.8 Å². The van der Waals surface area contributed by atoms with Crippen molar-refractivity contribution in [2.24, 2.45) is 0 Å². The molecule has 0 aromatic carbocycles. The van der Waals surface area contributed by atoms with Crippen LogP contribution in [-0.2, 0) is 22.4 Å². The van der Waals surface area contributed by atoms with Gasteiger partial charge in [0.15, 0.2) is 0 Å². The average molecular weight is 224 g/mol. The van der Waals surface area contributed by atoms with E-state index in [1.807, 2.05) is 0 Å². The van der Waals surface area contributed by atoms with Crippen molar-refractivity contribution in [3.8, 4) is 0 Å². The van der Waals surface area contributed by atoms with Crippen LogP contribution >= 0.6 is 0 Å². The monoisotopic (exact) mass is 224 g/mol. The molecule has 0 saturated heterocycles. The van der Waals surface area contributed by atoms with Crippen LogP contribution in [0.4, 0.5) is 0 Å². The molecule has 2 N–H and O–H groups in total. The fourth-order valence-corrected chi connectivity index (χ4v) is 1.27. The predicted molar refractivity (Wildman–Crippen MR) is 54.2 cm³/mol. The van der Waals surface area contributed by atoms with Crippen molar-refractivity contribution >= 4 is 11.9 Å². The van der Waals surface area contributed by atoms with Crippen molar-refractivity contribution in [3.05, 3.63) is 22.8 Å². The lowest BCUT2D eigenvalue weighted by molar-refractivity contribution is -0.137. The fourth-order valence-electron chi connectivity index (χ4n) is 1.27. The normalized spacial score (nSPS) is 10.1. The Morgan fingerprint density at radius 1 is 0.938 bits per heavy atom. The van der Waals surface area contributed by atoms with E-state index < -0.39 is 11.9 Å². The highest BCUT2D eigenvalue weighted by atomic mass is 16.4. The number of carboxylic acid groups (broad SMARTS) is 2. The average Bonchev–Trinajstić information content (AvgIpc) is 2.11. The number of hydrogen-bond acceptors (Lipinski definition) is 4. The summed E-state index contributed by atoms with van der Waals surface area (Å²) in [7, 11) is 0. The molecule has 0 atom stereocenters. The van der Waals surface area contributed by atoms with Crippen molar-refractivity contribution in [1.29, 1.82) is 0 Å². The van der Waals surface area contributed by atoms with E-state index >= 15 is 0 Å². The molecule has 1 aromatic heterocycles. The van der Waals surface area contributed by atoms with E-state index in [1.165, 1.54) is 0 Å². The first kappa shape index (κ1) is 12.1. The molecule has 0 amide bonds. The second-order valence-corrected chi connectivity index (χ2v) is 3.43. The van der Waals surface area contributed by atoms with Crippen molar-refractivity contribution in [2.75, 3.05) is 0 Å².